The first kappa shape index (κ1) is 15.2. The molecule has 0 aliphatic rings. The van der Waals surface area contributed by atoms with Crippen LogP contribution in [0.2, 0.25) is 0 Å². The van der Waals surface area contributed by atoms with Gasteiger partial charge >= 0.3 is 0 Å². The Morgan fingerprint density at radius 1 is 1.29 bits per heavy atom. The maximum atomic E-state index is 13.5. The average molecular weight is 307 g/mol. The van der Waals surface area contributed by atoms with Gasteiger partial charge in [0.25, 0.3) is 5.91 Å². The minimum absolute atomic E-state index is 0.0703. The van der Waals surface area contributed by atoms with Gasteiger partial charge in [-0.25, -0.2) is 8.78 Å². The van der Waals surface area contributed by atoms with Gasteiger partial charge in [-0.2, -0.15) is 0 Å². The zero-order valence-electron chi connectivity index (χ0n) is 10.8. The van der Waals surface area contributed by atoms with E-state index in [0.29, 0.717) is 12.0 Å². The van der Waals surface area contributed by atoms with E-state index in [1.54, 1.807) is 11.4 Å². The summed E-state index contributed by atoms with van der Waals surface area (Å²) in [5.41, 5.74) is -0.0205. The summed E-state index contributed by atoms with van der Waals surface area (Å²) in [4.78, 5) is 12.3. The van der Waals surface area contributed by atoms with Crippen LogP contribution in [0.25, 0.3) is 0 Å². The Labute approximate surface area is 124 Å². The zero-order valence-corrected chi connectivity index (χ0v) is 11.6. The second kappa shape index (κ2) is 6.97. The summed E-state index contributed by atoms with van der Waals surface area (Å²) < 4.78 is 27.0. The number of anilines is 1. The van der Waals surface area contributed by atoms with Crippen LogP contribution in [0.3, 0.4) is 0 Å². The van der Waals surface area contributed by atoms with Crippen LogP contribution in [0.1, 0.15) is 21.7 Å². The number of benzene rings is 1. The fraction of sp³-hybridized carbons (Fsp3) is 0.133. The maximum absolute atomic E-state index is 13.5. The summed E-state index contributed by atoms with van der Waals surface area (Å²) in [7, 11) is 0. The van der Waals surface area contributed by atoms with Crippen molar-refractivity contribution in [2.75, 3.05) is 11.9 Å². The molecule has 6 heteroatoms. The van der Waals surface area contributed by atoms with E-state index in [-0.39, 0.29) is 11.5 Å². The lowest BCUT2D eigenvalue weighted by Crippen LogP contribution is -2.14. The number of rotatable bonds is 3. The van der Waals surface area contributed by atoms with Gasteiger partial charge in [0.15, 0.2) is 0 Å². The highest BCUT2D eigenvalue weighted by molar-refractivity contribution is 7.12. The van der Waals surface area contributed by atoms with E-state index in [9.17, 15) is 13.6 Å². The van der Waals surface area contributed by atoms with Gasteiger partial charge < -0.3 is 10.4 Å². The van der Waals surface area contributed by atoms with E-state index in [2.05, 4.69) is 17.2 Å². The molecule has 0 aliphatic carbocycles. The van der Waals surface area contributed by atoms with Gasteiger partial charge in [-0.3, -0.25) is 4.79 Å². The molecule has 2 N–H and O–H groups in total. The lowest BCUT2D eigenvalue weighted by Gasteiger charge is -2.06. The van der Waals surface area contributed by atoms with Crippen LogP contribution < -0.4 is 5.32 Å². The van der Waals surface area contributed by atoms with Crippen molar-refractivity contribution in [1.82, 2.24) is 0 Å². The summed E-state index contributed by atoms with van der Waals surface area (Å²) in [5.74, 6) is 3.14. The van der Waals surface area contributed by atoms with E-state index >= 15 is 0 Å². The first-order valence-corrected chi connectivity index (χ1v) is 6.94. The molecule has 0 radical (unpaired) electrons. The Hall–Kier alpha value is -2.23. The molecule has 0 unspecified atom stereocenters. The van der Waals surface area contributed by atoms with Gasteiger partial charge in [0.05, 0.1) is 6.61 Å². The summed E-state index contributed by atoms with van der Waals surface area (Å²) >= 11 is 1.12. The third kappa shape index (κ3) is 3.66. The van der Waals surface area contributed by atoms with E-state index in [0.717, 1.165) is 23.5 Å². The van der Waals surface area contributed by atoms with Crippen LogP contribution in [0.4, 0.5) is 14.5 Å². The van der Waals surface area contributed by atoms with E-state index in [1.807, 2.05) is 0 Å². The van der Waals surface area contributed by atoms with Gasteiger partial charge in [-0.05, 0) is 23.6 Å². The normalized spacial score (nSPS) is 9.86. The molecule has 2 aromatic rings. The molecule has 0 saturated carbocycles. The molecule has 3 nitrogen and oxygen atoms in total. The van der Waals surface area contributed by atoms with Crippen molar-refractivity contribution >= 4 is 22.9 Å². The van der Waals surface area contributed by atoms with Crippen LogP contribution in [0, 0.1) is 23.5 Å². The summed E-state index contributed by atoms with van der Waals surface area (Å²) in [6.45, 7) is -0.0703. The maximum Gasteiger partial charge on any atom is 0.267 e. The quantitative estimate of drug-likeness (QED) is 0.856. The number of halogens is 2. The fourth-order valence-corrected chi connectivity index (χ4v) is 2.33. The topological polar surface area (TPSA) is 49.3 Å². The Balaban J connectivity index is 2.22. The standard InChI is InChI=1S/C15H11F2NO2S/c16-11-5-3-6-12(17)13(11)18-15(20)14-10(7-9-21-14)4-1-2-8-19/h3,5-7,9,19H,2,8H2,(H,18,20). The third-order valence-corrected chi connectivity index (χ3v) is 3.45. The van der Waals surface area contributed by atoms with Crippen LogP contribution in [-0.4, -0.2) is 17.6 Å². The Bertz CT molecular complexity index is 696. The number of amides is 1. The van der Waals surface area contributed by atoms with E-state index in [1.165, 1.54) is 6.07 Å². The van der Waals surface area contributed by atoms with Crippen LogP contribution in [0.5, 0.6) is 0 Å². The summed E-state index contributed by atoms with van der Waals surface area (Å²) in [5, 5.41) is 12.5. The number of aliphatic hydroxyl groups excluding tert-OH is 1. The highest BCUT2D eigenvalue weighted by Gasteiger charge is 2.16. The number of aliphatic hydroxyl groups is 1. The molecule has 0 spiro atoms. The molecule has 0 saturated heterocycles. The molecule has 108 valence electrons. The van der Waals surface area contributed by atoms with Crippen molar-refractivity contribution in [1.29, 1.82) is 0 Å². The first-order valence-electron chi connectivity index (χ1n) is 6.06. The molecule has 0 fully saturated rings. The average Bonchev–Trinajstić information content (AvgIpc) is 2.92. The highest BCUT2D eigenvalue weighted by Crippen LogP contribution is 2.22. The first-order chi connectivity index (χ1) is 10.1. The van der Waals surface area contributed by atoms with Crippen molar-refractivity contribution < 1.29 is 18.7 Å². The van der Waals surface area contributed by atoms with Crippen LogP contribution in [0.15, 0.2) is 29.6 Å². The molecule has 1 amide bonds. The number of carbonyl (C=O) groups is 1. The predicted molar refractivity (Wildman–Crippen MR) is 77.2 cm³/mol. The lowest BCUT2D eigenvalue weighted by molar-refractivity contribution is 0.102. The van der Waals surface area contributed by atoms with Crippen molar-refractivity contribution in [2.24, 2.45) is 0 Å². The van der Waals surface area contributed by atoms with Gasteiger partial charge in [0.2, 0.25) is 0 Å². The molecular formula is C15H11F2NO2S. The molecular weight excluding hydrogens is 296 g/mol. The minimum Gasteiger partial charge on any atom is -0.395 e. The monoisotopic (exact) mass is 307 g/mol. The van der Waals surface area contributed by atoms with Crippen molar-refractivity contribution in [2.45, 2.75) is 6.42 Å². The molecule has 2 rings (SSSR count). The Kier molecular flexibility index (Phi) is 5.04. The van der Waals surface area contributed by atoms with Gasteiger partial charge in [-0.1, -0.05) is 17.9 Å². The predicted octanol–water partition coefficient (Wildman–Crippen LogP) is 3.01. The molecule has 1 aromatic carbocycles. The van der Waals surface area contributed by atoms with Crippen molar-refractivity contribution in [3.05, 3.63) is 51.7 Å². The molecule has 0 aliphatic heterocycles. The molecule has 0 atom stereocenters. The molecule has 21 heavy (non-hydrogen) atoms. The number of thiophene rings is 1. The second-order valence-electron chi connectivity index (χ2n) is 3.99. The number of hydrogen-bond donors (Lipinski definition) is 2. The van der Waals surface area contributed by atoms with Gasteiger partial charge in [-0.15, -0.1) is 11.3 Å². The second-order valence-corrected chi connectivity index (χ2v) is 4.91. The molecule has 0 bridgehead atoms. The van der Waals surface area contributed by atoms with E-state index in [4.69, 9.17) is 5.11 Å². The smallest absolute Gasteiger partial charge is 0.267 e. The van der Waals surface area contributed by atoms with Crippen molar-refractivity contribution in [3.63, 3.8) is 0 Å². The lowest BCUT2D eigenvalue weighted by atomic mass is 10.2. The SMILES string of the molecule is O=C(Nc1c(F)cccc1F)c1sccc1C#CCCO. The number of carbonyl (C=O) groups excluding carboxylic acids is 1. The highest BCUT2D eigenvalue weighted by atomic mass is 32.1. The largest absolute Gasteiger partial charge is 0.395 e. The fourth-order valence-electron chi connectivity index (χ4n) is 1.58. The zero-order chi connectivity index (χ0) is 15.2. The summed E-state index contributed by atoms with van der Waals surface area (Å²) in [6.07, 6.45) is 0.291. The van der Waals surface area contributed by atoms with Gasteiger partial charge in [0.1, 0.15) is 22.2 Å². The summed E-state index contributed by atoms with van der Waals surface area (Å²) in [6, 6.07) is 4.99. The van der Waals surface area contributed by atoms with E-state index < -0.39 is 23.2 Å². The number of hydrogen-bond acceptors (Lipinski definition) is 3. The number of nitrogens with one attached hydrogen (secondary N) is 1. The molecule has 1 heterocycles. The third-order valence-electron chi connectivity index (χ3n) is 2.53. The Morgan fingerprint density at radius 2 is 2.00 bits per heavy atom. The Morgan fingerprint density at radius 3 is 2.67 bits per heavy atom. The van der Waals surface area contributed by atoms with Crippen LogP contribution in [-0.2, 0) is 0 Å². The van der Waals surface area contributed by atoms with Gasteiger partial charge in [0, 0.05) is 12.0 Å². The number of para-hydroxylation sites is 1. The minimum atomic E-state index is -0.840. The van der Waals surface area contributed by atoms with Crippen molar-refractivity contribution in [3.8, 4) is 11.8 Å². The van der Waals surface area contributed by atoms with Crippen LogP contribution >= 0.6 is 11.3 Å². The molecule has 1 aromatic heterocycles.